The minimum absolute atomic E-state index is 0.209. The number of methoxy groups -OCH3 is 1. The van der Waals surface area contributed by atoms with E-state index in [1.807, 2.05) is 6.92 Å². The second-order valence-corrected chi connectivity index (χ2v) is 3.36. The van der Waals surface area contributed by atoms with E-state index in [0.29, 0.717) is 18.7 Å². The molecule has 0 aliphatic carbocycles. The lowest BCUT2D eigenvalue weighted by Gasteiger charge is -2.27. The van der Waals surface area contributed by atoms with Crippen LogP contribution in [0.4, 0.5) is 0 Å². The Morgan fingerprint density at radius 3 is 3.08 bits per heavy atom. The highest BCUT2D eigenvalue weighted by molar-refractivity contribution is 5.71. The lowest BCUT2D eigenvalue weighted by molar-refractivity contribution is -0.139. The fraction of sp³-hybridized carbons (Fsp3) is 0.889. The fourth-order valence-corrected chi connectivity index (χ4v) is 1.48. The van der Waals surface area contributed by atoms with Crippen LogP contribution in [0.15, 0.2) is 0 Å². The van der Waals surface area contributed by atoms with Crippen molar-refractivity contribution >= 4 is 5.97 Å². The van der Waals surface area contributed by atoms with E-state index < -0.39 is 0 Å². The lowest BCUT2D eigenvalue weighted by atomic mass is 10.0. The molecule has 13 heavy (non-hydrogen) atoms. The molecule has 4 heteroatoms. The Hall–Kier alpha value is -0.610. The predicted octanol–water partition coefficient (Wildman–Crippen LogP) is 0.316. The summed E-state index contributed by atoms with van der Waals surface area (Å²) in [7, 11) is 1.40. The monoisotopic (exact) mass is 187 g/mol. The highest BCUT2D eigenvalue weighted by Gasteiger charge is 2.19. The van der Waals surface area contributed by atoms with Gasteiger partial charge in [-0.2, -0.15) is 0 Å². The Bertz CT molecular complexity index is 172. The Balaban J connectivity index is 2.17. The molecule has 2 unspecified atom stereocenters. The van der Waals surface area contributed by atoms with Crippen LogP contribution in [0.5, 0.6) is 0 Å². The molecule has 0 saturated carbocycles. The van der Waals surface area contributed by atoms with Gasteiger partial charge in [0.05, 0.1) is 19.8 Å². The third kappa shape index (κ3) is 3.74. The highest BCUT2D eigenvalue weighted by Crippen LogP contribution is 2.12. The zero-order valence-electron chi connectivity index (χ0n) is 8.21. The van der Waals surface area contributed by atoms with Crippen molar-refractivity contribution in [1.82, 2.24) is 5.32 Å². The van der Waals surface area contributed by atoms with Crippen LogP contribution in [0, 0.1) is 0 Å². The topological polar surface area (TPSA) is 47.6 Å². The maximum absolute atomic E-state index is 10.8. The summed E-state index contributed by atoms with van der Waals surface area (Å²) in [6.45, 7) is 3.12. The summed E-state index contributed by atoms with van der Waals surface area (Å²) in [6, 6.07) is 0.392. The molecule has 1 fully saturated rings. The van der Waals surface area contributed by atoms with Crippen molar-refractivity contribution in [1.29, 1.82) is 0 Å². The summed E-state index contributed by atoms with van der Waals surface area (Å²) >= 11 is 0. The number of hydrogen-bond donors (Lipinski definition) is 1. The van der Waals surface area contributed by atoms with Gasteiger partial charge in [0.2, 0.25) is 0 Å². The van der Waals surface area contributed by atoms with Crippen LogP contribution in [-0.2, 0) is 14.3 Å². The second-order valence-electron chi connectivity index (χ2n) is 3.36. The molecule has 0 radical (unpaired) electrons. The van der Waals surface area contributed by atoms with Crippen LogP contribution in [0.1, 0.15) is 19.8 Å². The van der Waals surface area contributed by atoms with Gasteiger partial charge in [0.25, 0.3) is 0 Å². The van der Waals surface area contributed by atoms with Crippen LogP contribution in [0.2, 0.25) is 0 Å². The van der Waals surface area contributed by atoms with Gasteiger partial charge >= 0.3 is 5.97 Å². The van der Waals surface area contributed by atoms with Crippen molar-refractivity contribution in [2.45, 2.75) is 31.9 Å². The number of nitrogens with one attached hydrogen (secondary N) is 1. The molecule has 0 spiro atoms. The van der Waals surface area contributed by atoms with Gasteiger partial charge in [0.15, 0.2) is 0 Å². The van der Waals surface area contributed by atoms with E-state index in [0.717, 1.165) is 19.4 Å². The molecular weight excluding hydrogens is 170 g/mol. The molecule has 1 heterocycles. The summed E-state index contributed by atoms with van der Waals surface area (Å²) in [5, 5.41) is 3.15. The summed E-state index contributed by atoms with van der Waals surface area (Å²) < 4.78 is 9.92. The minimum atomic E-state index is -0.209. The van der Waals surface area contributed by atoms with Gasteiger partial charge in [-0.25, -0.2) is 0 Å². The summed E-state index contributed by atoms with van der Waals surface area (Å²) in [4.78, 5) is 10.8. The number of hydrogen-bond acceptors (Lipinski definition) is 4. The van der Waals surface area contributed by atoms with E-state index in [2.05, 4.69) is 10.1 Å². The van der Waals surface area contributed by atoms with Gasteiger partial charge in [0, 0.05) is 12.6 Å². The fourth-order valence-electron chi connectivity index (χ4n) is 1.48. The van der Waals surface area contributed by atoms with E-state index in [-0.39, 0.29) is 5.97 Å². The molecule has 0 bridgehead atoms. The maximum atomic E-state index is 10.8. The van der Waals surface area contributed by atoms with E-state index >= 15 is 0 Å². The minimum Gasteiger partial charge on any atom is -0.468 e. The first-order valence-corrected chi connectivity index (χ1v) is 4.64. The molecular formula is C9H17NO3. The van der Waals surface area contributed by atoms with Crippen molar-refractivity contribution in [2.24, 2.45) is 0 Å². The van der Waals surface area contributed by atoms with Gasteiger partial charge in [-0.15, -0.1) is 0 Å². The van der Waals surface area contributed by atoms with Gasteiger partial charge < -0.3 is 14.8 Å². The van der Waals surface area contributed by atoms with E-state index in [1.54, 1.807) is 0 Å². The molecule has 76 valence electrons. The Morgan fingerprint density at radius 1 is 1.69 bits per heavy atom. The normalized spacial score (nSPS) is 28.5. The zero-order valence-corrected chi connectivity index (χ0v) is 8.21. The Kier molecular flexibility index (Phi) is 4.18. The van der Waals surface area contributed by atoms with Crippen molar-refractivity contribution in [3.63, 3.8) is 0 Å². The Morgan fingerprint density at radius 2 is 2.46 bits per heavy atom. The third-order valence-corrected chi connectivity index (χ3v) is 2.25. The molecule has 1 N–H and O–H groups in total. The van der Waals surface area contributed by atoms with Crippen LogP contribution < -0.4 is 5.32 Å². The van der Waals surface area contributed by atoms with E-state index in [1.165, 1.54) is 7.11 Å². The van der Waals surface area contributed by atoms with Crippen molar-refractivity contribution < 1.29 is 14.3 Å². The van der Waals surface area contributed by atoms with Crippen LogP contribution in [-0.4, -0.2) is 38.4 Å². The Labute approximate surface area is 78.6 Å². The van der Waals surface area contributed by atoms with Crippen molar-refractivity contribution in [3.8, 4) is 0 Å². The molecule has 2 atom stereocenters. The number of rotatable bonds is 3. The van der Waals surface area contributed by atoms with Gasteiger partial charge in [-0.1, -0.05) is 0 Å². The average Bonchev–Trinajstić information content (AvgIpc) is 2.14. The molecule has 0 aromatic rings. The second kappa shape index (κ2) is 5.19. The summed E-state index contributed by atoms with van der Waals surface area (Å²) in [5.41, 5.74) is 0. The standard InChI is InChI=1S/C9H17NO3/c1-7-5-8(3-4-13-7)10-6-9(11)12-2/h7-8,10H,3-6H2,1-2H3. The maximum Gasteiger partial charge on any atom is 0.319 e. The largest absolute Gasteiger partial charge is 0.468 e. The molecule has 1 rings (SSSR count). The predicted molar refractivity (Wildman–Crippen MR) is 48.5 cm³/mol. The SMILES string of the molecule is COC(=O)CNC1CCOC(C)C1. The molecule has 0 amide bonds. The van der Waals surface area contributed by atoms with Gasteiger partial charge in [-0.05, 0) is 19.8 Å². The zero-order chi connectivity index (χ0) is 9.68. The number of carbonyl (C=O) groups excluding carboxylic acids is 1. The summed E-state index contributed by atoms with van der Waals surface area (Å²) in [5.74, 6) is -0.209. The van der Waals surface area contributed by atoms with E-state index in [9.17, 15) is 4.79 Å². The third-order valence-electron chi connectivity index (χ3n) is 2.25. The van der Waals surface area contributed by atoms with Crippen LogP contribution in [0.25, 0.3) is 0 Å². The molecule has 0 aromatic carbocycles. The number of carbonyl (C=O) groups is 1. The molecule has 1 aliphatic heterocycles. The smallest absolute Gasteiger partial charge is 0.319 e. The molecule has 1 aliphatic rings. The average molecular weight is 187 g/mol. The molecule has 1 saturated heterocycles. The van der Waals surface area contributed by atoms with Gasteiger partial charge in [0.1, 0.15) is 0 Å². The van der Waals surface area contributed by atoms with Crippen LogP contribution >= 0.6 is 0 Å². The van der Waals surface area contributed by atoms with Crippen molar-refractivity contribution in [2.75, 3.05) is 20.3 Å². The first-order valence-electron chi connectivity index (χ1n) is 4.64. The van der Waals surface area contributed by atoms with Gasteiger partial charge in [-0.3, -0.25) is 4.79 Å². The first-order chi connectivity index (χ1) is 6.22. The summed E-state index contributed by atoms with van der Waals surface area (Å²) in [6.07, 6.45) is 2.24. The van der Waals surface area contributed by atoms with E-state index in [4.69, 9.17) is 4.74 Å². The first kappa shape index (κ1) is 10.5. The lowest BCUT2D eigenvalue weighted by Crippen LogP contribution is -2.40. The van der Waals surface area contributed by atoms with Crippen molar-refractivity contribution in [3.05, 3.63) is 0 Å². The van der Waals surface area contributed by atoms with Crippen LogP contribution in [0.3, 0.4) is 0 Å². The highest BCUT2D eigenvalue weighted by atomic mass is 16.5. The quantitative estimate of drug-likeness (QED) is 0.646. The number of esters is 1. The molecule has 0 aromatic heterocycles. The molecule has 4 nitrogen and oxygen atoms in total. The number of ether oxygens (including phenoxy) is 2.